The molecule has 0 heterocycles. The first-order valence-corrected chi connectivity index (χ1v) is 12.0. The van der Waals surface area contributed by atoms with E-state index in [0.717, 1.165) is 57.8 Å². The molecule has 0 rings (SSSR count). The van der Waals surface area contributed by atoms with Crippen molar-refractivity contribution in [2.45, 2.75) is 83.5 Å². The normalized spacial score (nSPS) is 11.4. The van der Waals surface area contributed by atoms with Crippen LogP contribution in [0, 0.1) is 0 Å². The molecule has 0 atom stereocenters. The molecule has 0 saturated carbocycles. The maximum absolute atomic E-state index is 11.0. The third-order valence-electron chi connectivity index (χ3n) is 3.93. The number of unbranched alkanes of at least 4 members (excludes halogenated alkanes) is 10. The van der Waals surface area contributed by atoms with Crippen LogP contribution in [0.3, 0.4) is 0 Å². The number of hydrogen-bond acceptors (Lipinski definition) is 4. The minimum atomic E-state index is -4.55. The van der Waals surface area contributed by atoms with Gasteiger partial charge in [0.25, 0.3) is 0 Å². The number of carbonyl (C=O) groups is 2. The standard InChI is InChI=1S/C15H30O8P2.2Na.2H/c16-14(24(18,19)20)12-10-8-6-4-2-1-3-5-7-9-11-13-15(17)25(21,22)23;;;;/h1-13H2,(H2,18,19,20)(H2,21,22,23);;;;. The third-order valence-corrected chi connectivity index (χ3v) is 5.68. The van der Waals surface area contributed by atoms with Gasteiger partial charge in [0.05, 0.1) is 0 Å². The first-order chi connectivity index (χ1) is 11.5. The van der Waals surface area contributed by atoms with Crippen LogP contribution in [0.5, 0.6) is 0 Å². The molecule has 0 aliphatic heterocycles. The summed E-state index contributed by atoms with van der Waals surface area (Å²) in [7, 11) is -9.10. The zero-order valence-corrected chi connectivity index (χ0v) is 16.3. The molecule has 4 N–H and O–H groups in total. The van der Waals surface area contributed by atoms with Crippen LogP contribution in [0.15, 0.2) is 0 Å². The van der Waals surface area contributed by atoms with E-state index >= 15 is 0 Å². The van der Waals surface area contributed by atoms with Crippen molar-refractivity contribution >= 4 is 85.4 Å². The summed E-state index contributed by atoms with van der Waals surface area (Å²) in [4.78, 5) is 56.6. The molecule has 27 heavy (non-hydrogen) atoms. The van der Waals surface area contributed by atoms with E-state index in [1.54, 1.807) is 0 Å². The van der Waals surface area contributed by atoms with Gasteiger partial charge in [-0.05, 0) is 12.8 Å². The summed E-state index contributed by atoms with van der Waals surface area (Å²) in [6, 6.07) is 0. The van der Waals surface area contributed by atoms with E-state index in [4.69, 9.17) is 19.6 Å². The third kappa shape index (κ3) is 20.7. The molecule has 0 spiro atoms. The SMILES string of the molecule is O=C(CCCCCCCCCCCCCC(=O)P(=O)(O)O)P(=O)(O)O.[NaH].[NaH]. The maximum atomic E-state index is 11.0. The van der Waals surface area contributed by atoms with Crippen molar-refractivity contribution in [2.75, 3.05) is 0 Å². The van der Waals surface area contributed by atoms with E-state index in [0.29, 0.717) is 12.8 Å². The second-order valence-corrected chi connectivity index (χ2v) is 9.44. The molecule has 152 valence electrons. The summed E-state index contributed by atoms with van der Waals surface area (Å²) in [5, 5.41) is 0. The Balaban J connectivity index is -0.00000288. The fourth-order valence-electron chi connectivity index (χ4n) is 2.43. The van der Waals surface area contributed by atoms with Crippen LogP contribution in [0.4, 0.5) is 0 Å². The second kappa shape index (κ2) is 18.4. The molecule has 0 aliphatic carbocycles. The van der Waals surface area contributed by atoms with Gasteiger partial charge in [-0.25, -0.2) is 0 Å². The van der Waals surface area contributed by atoms with Crippen LogP contribution in [0.1, 0.15) is 83.5 Å². The van der Waals surface area contributed by atoms with Crippen LogP contribution >= 0.6 is 15.2 Å². The van der Waals surface area contributed by atoms with E-state index in [9.17, 15) is 18.7 Å². The van der Waals surface area contributed by atoms with Crippen LogP contribution in [0.25, 0.3) is 0 Å². The molecule has 8 nitrogen and oxygen atoms in total. The second-order valence-electron chi connectivity index (χ2n) is 6.26. The van der Waals surface area contributed by atoms with E-state index < -0.39 is 26.2 Å². The van der Waals surface area contributed by atoms with E-state index in [1.165, 1.54) is 0 Å². The number of rotatable bonds is 16. The molecule has 0 radical (unpaired) electrons. The van der Waals surface area contributed by atoms with Gasteiger partial charge in [0, 0.05) is 12.8 Å². The Kier molecular flexibility index (Phi) is 22.7. The summed E-state index contributed by atoms with van der Waals surface area (Å²) >= 11 is 0. The van der Waals surface area contributed by atoms with Crippen molar-refractivity contribution in [3.05, 3.63) is 0 Å². The quantitative estimate of drug-likeness (QED) is 0.159. The summed E-state index contributed by atoms with van der Waals surface area (Å²) in [6.07, 6.45) is 9.66. The van der Waals surface area contributed by atoms with E-state index in [1.807, 2.05) is 0 Å². The van der Waals surface area contributed by atoms with Gasteiger partial charge in [0.15, 0.2) is 0 Å². The van der Waals surface area contributed by atoms with Crippen molar-refractivity contribution in [3.8, 4) is 0 Å². The van der Waals surface area contributed by atoms with Gasteiger partial charge in [-0.1, -0.05) is 57.8 Å². The zero-order chi connectivity index (χ0) is 19.3. The van der Waals surface area contributed by atoms with Gasteiger partial charge in [0.2, 0.25) is 11.0 Å². The van der Waals surface area contributed by atoms with Crippen LogP contribution in [0.2, 0.25) is 0 Å². The predicted molar refractivity (Wildman–Crippen MR) is 108 cm³/mol. The fraction of sp³-hybridized carbons (Fsp3) is 0.867. The van der Waals surface area contributed by atoms with Crippen molar-refractivity contribution in [1.29, 1.82) is 0 Å². The molecule has 0 amide bonds. The molecule has 0 unspecified atom stereocenters. The molecule has 0 aromatic heterocycles. The molecular weight excluding hydrogens is 416 g/mol. The first-order valence-electron chi connectivity index (χ1n) is 8.73. The van der Waals surface area contributed by atoms with Crippen molar-refractivity contribution < 1.29 is 38.3 Å². The van der Waals surface area contributed by atoms with Gasteiger partial charge in [0.1, 0.15) is 0 Å². The molecule has 12 heteroatoms. The predicted octanol–water partition coefficient (Wildman–Crippen LogP) is 2.17. The van der Waals surface area contributed by atoms with Crippen LogP contribution in [-0.2, 0) is 18.7 Å². The molecule has 0 aromatic carbocycles. The Morgan fingerprint density at radius 1 is 0.481 bits per heavy atom. The van der Waals surface area contributed by atoms with Crippen molar-refractivity contribution in [2.24, 2.45) is 0 Å². The van der Waals surface area contributed by atoms with Gasteiger partial charge >= 0.3 is 74.3 Å². The van der Waals surface area contributed by atoms with E-state index in [2.05, 4.69) is 0 Å². The van der Waals surface area contributed by atoms with Gasteiger partial charge in [-0.2, -0.15) is 0 Å². The van der Waals surface area contributed by atoms with Gasteiger partial charge in [-0.15, -0.1) is 0 Å². The monoisotopic (exact) mass is 448 g/mol. The average molecular weight is 448 g/mol. The molecule has 0 aromatic rings. The van der Waals surface area contributed by atoms with E-state index in [-0.39, 0.29) is 72.0 Å². The molecule has 0 bridgehead atoms. The van der Waals surface area contributed by atoms with Gasteiger partial charge in [-0.3, -0.25) is 18.7 Å². The summed E-state index contributed by atoms with van der Waals surface area (Å²) in [5.41, 5.74) is -1.95. The Bertz CT molecular complexity index is 460. The summed E-state index contributed by atoms with van der Waals surface area (Å²) in [5.74, 6) is 0. The topological polar surface area (TPSA) is 149 Å². The molecule has 0 saturated heterocycles. The Morgan fingerprint density at radius 2 is 0.667 bits per heavy atom. The van der Waals surface area contributed by atoms with Gasteiger partial charge < -0.3 is 19.6 Å². The van der Waals surface area contributed by atoms with Crippen LogP contribution < -0.4 is 0 Å². The fourth-order valence-corrected chi connectivity index (χ4v) is 3.33. The average Bonchev–Trinajstić information content (AvgIpc) is 2.49. The molecule has 0 fully saturated rings. The van der Waals surface area contributed by atoms with Crippen molar-refractivity contribution in [3.63, 3.8) is 0 Å². The Morgan fingerprint density at radius 3 is 0.852 bits per heavy atom. The first kappa shape index (κ1) is 33.3. The minimum absolute atomic E-state index is 0. The van der Waals surface area contributed by atoms with Crippen LogP contribution in [-0.4, -0.2) is 89.7 Å². The molecular formula is C15H32Na2O8P2. The number of carbonyl (C=O) groups excluding carboxylic acids is 2. The summed E-state index contributed by atoms with van der Waals surface area (Å²) in [6.45, 7) is 0. The molecule has 0 aliphatic rings. The summed E-state index contributed by atoms with van der Waals surface area (Å²) < 4.78 is 21.3. The Hall–Kier alpha value is 1.64. The number of hydrogen-bond donors (Lipinski definition) is 4. The van der Waals surface area contributed by atoms with Crippen molar-refractivity contribution in [1.82, 2.24) is 0 Å². The Labute approximate surface area is 205 Å². The zero-order valence-electron chi connectivity index (χ0n) is 14.5.